The van der Waals surface area contributed by atoms with Crippen molar-refractivity contribution in [3.05, 3.63) is 28.2 Å². The molecule has 130 valence electrons. The van der Waals surface area contributed by atoms with Gasteiger partial charge in [0.1, 0.15) is 5.82 Å². The van der Waals surface area contributed by atoms with Gasteiger partial charge in [0.2, 0.25) is 0 Å². The lowest BCUT2D eigenvalue weighted by Gasteiger charge is -2.22. The molecule has 5 nitrogen and oxygen atoms in total. The molecule has 7 heteroatoms. The van der Waals surface area contributed by atoms with Crippen LogP contribution in [-0.2, 0) is 0 Å². The number of hydrogen-bond acceptors (Lipinski definition) is 5. The zero-order valence-corrected chi connectivity index (χ0v) is 16.0. The monoisotopic (exact) mass is 366 g/mol. The molecule has 1 saturated heterocycles. The molecule has 1 aliphatic rings. The third-order valence-corrected chi connectivity index (χ3v) is 5.50. The fraction of sp³-hybridized carbons (Fsp3) is 0.529. The van der Waals surface area contributed by atoms with Crippen LogP contribution in [0.15, 0.2) is 18.2 Å². The summed E-state index contributed by atoms with van der Waals surface area (Å²) in [5, 5.41) is 9.08. The highest BCUT2D eigenvalue weighted by atomic mass is 35.5. The van der Waals surface area contributed by atoms with Crippen LogP contribution in [0.2, 0.25) is 4.34 Å². The van der Waals surface area contributed by atoms with E-state index >= 15 is 0 Å². The zero-order chi connectivity index (χ0) is 17.5. The normalized spacial score (nSPS) is 18.1. The molecule has 3 rings (SSSR count). The molecule has 24 heavy (non-hydrogen) atoms. The highest BCUT2D eigenvalue weighted by Gasteiger charge is 2.30. The van der Waals surface area contributed by atoms with Crippen LogP contribution in [0.4, 0.5) is 10.8 Å². The summed E-state index contributed by atoms with van der Waals surface area (Å²) in [6.45, 7) is 6.74. The van der Waals surface area contributed by atoms with Crippen LogP contribution in [0.5, 0.6) is 0 Å². The maximum Gasteiger partial charge on any atom is 0.254 e. The Labute approximate surface area is 151 Å². The molecule has 0 bridgehead atoms. The molecule has 1 fully saturated rings. The molecule has 0 amide bonds. The molecular weight excluding hydrogens is 344 g/mol. The Morgan fingerprint density at radius 1 is 1.46 bits per heavy atom. The second-order valence-electron chi connectivity index (χ2n) is 7.18. The highest BCUT2D eigenvalue weighted by molar-refractivity contribution is 7.20. The Bertz CT molecular complexity index is 740. The quantitative estimate of drug-likeness (QED) is 0.870. The summed E-state index contributed by atoms with van der Waals surface area (Å²) >= 11 is 7.55. The second kappa shape index (κ2) is 6.50. The van der Waals surface area contributed by atoms with E-state index in [4.69, 9.17) is 11.6 Å². The topological polar surface area (TPSA) is 50.2 Å². The fourth-order valence-electron chi connectivity index (χ4n) is 2.80. The number of thiophene rings is 1. The predicted octanol–water partition coefficient (Wildman–Crippen LogP) is 4.48. The average Bonchev–Trinajstić information content (AvgIpc) is 3.24. The molecular formula is C17H23ClN4OS. The van der Waals surface area contributed by atoms with Gasteiger partial charge in [-0.3, -0.25) is 4.79 Å². The number of carbonyl (C=O) groups is 1. The van der Waals surface area contributed by atoms with Crippen molar-refractivity contribution < 1.29 is 4.79 Å². The first-order chi connectivity index (χ1) is 11.3. The van der Waals surface area contributed by atoms with E-state index in [1.165, 1.54) is 11.3 Å². The molecule has 2 aromatic heterocycles. The zero-order valence-electron chi connectivity index (χ0n) is 14.5. The summed E-state index contributed by atoms with van der Waals surface area (Å²) in [4.78, 5) is 14.9. The second-order valence-corrected chi connectivity index (χ2v) is 8.87. The Morgan fingerprint density at radius 2 is 2.21 bits per heavy atom. The van der Waals surface area contributed by atoms with Crippen molar-refractivity contribution >= 4 is 39.7 Å². The largest absolute Gasteiger partial charge is 0.321 e. The minimum Gasteiger partial charge on any atom is -0.321 e. The summed E-state index contributed by atoms with van der Waals surface area (Å²) in [6.07, 6.45) is 2.19. The van der Waals surface area contributed by atoms with Gasteiger partial charge in [0, 0.05) is 18.5 Å². The Hall–Kier alpha value is -1.37. The maximum atomic E-state index is 12.9. The van der Waals surface area contributed by atoms with Crippen molar-refractivity contribution in [3.8, 4) is 0 Å². The van der Waals surface area contributed by atoms with E-state index in [9.17, 15) is 4.79 Å². The standard InChI is InChI=1S/C17H23ClN4OS/c1-17(2,3)16(23)22-14(21(4)15-8-7-13(18)24-15)10-12(20-22)11-6-5-9-19-11/h7-8,10-11,19H,5-6,9H2,1-4H3. The number of anilines is 2. The van der Waals surface area contributed by atoms with E-state index in [0.29, 0.717) is 0 Å². The molecule has 0 radical (unpaired) electrons. The van der Waals surface area contributed by atoms with Gasteiger partial charge >= 0.3 is 0 Å². The first-order valence-corrected chi connectivity index (χ1v) is 9.34. The molecule has 0 aliphatic carbocycles. The van der Waals surface area contributed by atoms with E-state index < -0.39 is 5.41 Å². The number of nitrogens with one attached hydrogen (secondary N) is 1. The Balaban J connectivity index is 2.03. The van der Waals surface area contributed by atoms with Gasteiger partial charge in [-0.25, -0.2) is 0 Å². The van der Waals surface area contributed by atoms with Gasteiger partial charge in [-0.1, -0.05) is 32.4 Å². The smallest absolute Gasteiger partial charge is 0.254 e. The number of carbonyl (C=O) groups excluding carboxylic acids is 1. The molecule has 1 aliphatic heterocycles. The highest BCUT2D eigenvalue weighted by Crippen LogP contribution is 2.35. The van der Waals surface area contributed by atoms with E-state index in [0.717, 1.165) is 40.2 Å². The minimum atomic E-state index is -0.505. The Kier molecular flexibility index (Phi) is 4.73. The molecule has 1 unspecified atom stereocenters. The van der Waals surface area contributed by atoms with Crippen LogP contribution in [-0.4, -0.2) is 29.3 Å². The number of nitrogens with zero attached hydrogens (tertiary/aromatic N) is 3. The average molecular weight is 367 g/mol. The summed E-state index contributed by atoms with van der Waals surface area (Å²) in [5.74, 6) is 0.758. The van der Waals surface area contributed by atoms with Gasteiger partial charge in [-0.15, -0.1) is 11.3 Å². The van der Waals surface area contributed by atoms with Crippen molar-refractivity contribution in [2.24, 2.45) is 5.41 Å². The van der Waals surface area contributed by atoms with Crippen LogP contribution in [0.25, 0.3) is 0 Å². The van der Waals surface area contributed by atoms with Crippen molar-refractivity contribution in [1.29, 1.82) is 0 Å². The van der Waals surface area contributed by atoms with Crippen LogP contribution in [0, 0.1) is 5.41 Å². The third-order valence-electron chi connectivity index (χ3n) is 4.19. The fourth-order valence-corrected chi connectivity index (χ4v) is 3.80. The van der Waals surface area contributed by atoms with Crippen molar-refractivity contribution in [3.63, 3.8) is 0 Å². The number of halogens is 1. The molecule has 0 aromatic carbocycles. The van der Waals surface area contributed by atoms with Crippen molar-refractivity contribution in [1.82, 2.24) is 15.1 Å². The SMILES string of the molecule is CN(c1ccc(Cl)s1)c1cc(C2CCCN2)nn1C(=O)C(C)(C)C. The molecule has 2 aromatic rings. The predicted molar refractivity (Wildman–Crippen MR) is 99.7 cm³/mol. The van der Waals surface area contributed by atoms with Crippen LogP contribution < -0.4 is 10.2 Å². The van der Waals surface area contributed by atoms with Gasteiger partial charge < -0.3 is 10.2 Å². The summed E-state index contributed by atoms with van der Waals surface area (Å²) in [6, 6.07) is 6.06. The van der Waals surface area contributed by atoms with Crippen LogP contribution in [0.1, 0.15) is 50.1 Å². The van der Waals surface area contributed by atoms with Gasteiger partial charge in [0.05, 0.1) is 21.1 Å². The van der Waals surface area contributed by atoms with E-state index in [-0.39, 0.29) is 11.9 Å². The third kappa shape index (κ3) is 3.36. The van der Waals surface area contributed by atoms with E-state index in [1.807, 2.05) is 50.9 Å². The lowest BCUT2D eigenvalue weighted by Crippen LogP contribution is -2.30. The molecule has 1 atom stereocenters. The first-order valence-electron chi connectivity index (χ1n) is 8.14. The Morgan fingerprint density at radius 3 is 2.75 bits per heavy atom. The summed E-state index contributed by atoms with van der Waals surface area (Å²) in [7, 11) is 1.94. The molecule has 0 spiro atoms. The van der Waals surface area contributed by atoms with Crippen molar-refractivity contribution in [2.45, 2.75) is 39.7 Å². The number of hydrogen-bond donors (Lipinski definition) is 1. The number of rotatable bonds is 3. The van der Waals surface area contributed by atoms with Gasteiger partial charge in [-0.2, -0.15) is 9.78 Å². The van der Waals surface area contributed by atoms with Gasteiger partial charge in [-0.05, 0) is 31.5 Å². The lowest BCUT2D eigenvalue weighted by atomic mass is 9.96. The number of aromatic nitrogens is 2. The summed E-state index contributed by atoms with van der Waals surface area (Å²) in [5.41, 5.74) is 0.421. The lowest BCUT2D eigenvalue weighted by molar-refractivity contribution is 0.0750. The van der Waals surface area contributed by atoms with Crippen molar-refractivity contribution in [2.75, 3.05) is 18.5 Å². The van der Waals surface area contributed by atoms with Gasteiger partial charge in [0.15, 0.2) is 0 Å². The minimum absolute atomic E-state index is 0.0174. The maximum absolute atomic E-state index is 12.9. The molecule has 0 saturated carbocycles. The van der Waals surface area contributed by atoms with E-state index in [2.05, 4.69) is 10.4 Å². The van der Waals surface area contributed by atoms with Gasteiger partial charge in [0.25, 0.3) is 5.91 Å². The molecule has 1 N–H and O–H groups in total. The first kappa shape index (κ1) is 17.5. The van der Waals surface area contributed by atoms with Crippen LogP contribution >= 0.6 is 22.9 Å². The van der Waals surface area contributed by atoms with Crippen LogP contribution in [0.3, 0.4) is 0 Å². The summed E-state index contributed by atoms with van der Waals surface area (Å²) < 4.78 is 2.27. The van der Waals surface area contributed by atoms with E-state index in [1.54, 1.807) is 4.68 Å². The molecule has 3 heterocycles.